The number of carbonyl (C=O) groups is 1. The third-order valence-corrected chi connectivity index (χ3v) is 8.08. The first kappa shape index (κ1) is 30.8. The number of fused-ring (bicyclic) bond motifs is 3. The van der Waals surface area contributed by atoms with Gasteiger partial charge in [0.1, 0.15) is 35.9 Å². The van der Waals surface area contributed by atoms with Crippen LogP contribution >= 0.6 is 0 Å². The molecule has 3 aliphatic rings. The molecule has 0 bridgehead atoms. The van der Waals surface area contributed by atoms with Gasteiger partial charge in [-0.1, -0.05) is 27.7 Å². The van der Waals surface area contributed by atoms with E-state index >= 15 is 4.39 Å². The number of hydrogen-bond acceptors (Lipinski definition) is 9. The van der Waals surface area contributed by atoms with E-state index in [1.165, 1.54) is 18.2 Å². The first-order valence-electron chi connectivity index (χ1n) is 15.2. The van der Waals surface area contributed by atoms with Gasteiger partial charge in [-0.25, -0.2) is 4.39 Å². The molecule has 45 heavy (non-hydrogen) atoms. The maximum atomic E-state index is 15.1. The maximum absolute atomic E-state index is 15.1. The summed E-state index contributed by atoms with van der Waals surface area (Å²) in [6.07, 6.45) is -0.571. The van der Waals surface area contributed by atoms with Gasteiger partial charge >= 0.3 is 0 Å². The zero-order valence-electron chi connectivity index (χ0n) is 25.7. The van der Waals surface area contributed by atoms with Gasteiger partial charge in [0.05, 0.1) is 12.2 Å². The number of benzene rings is 3. The largest absolute Gasteiger partial charge is 0.490 e. The molecule has 0 saturated carbocycles. The molecule has 0 unspecified atom stereocenters. The Labute approximate surface area is 261 Å². The van der Waals surface area contributed by atoms with Crippen LogP contribution in [0, 0.1) is 17.7 Å². The van der Waals surface area contributed by atoms with Crippen LogP contribution in [0.25, 0.3) is 0 Å². The van der Waals surface area contributed by atoms with Crippen LogP contribution in [0.2, 0.25) is 0 Å². The lowest BCUT2D eigenvalue weighted by atomic mass is 9.69. The van der Waals surface area contributed by atoms with Crippen LogP contribution in [0.5, 0.6) is 34.5 Å². The second kappa shape index (κ2) is 12.3. The monoisotopic (exact) mass is 623 g/mol. The van der Waals surface area contributed by atoms with E-state index in [1.807, 2.05) is 27.7 Å². The van der Waals surface area contributed by atoms with Crippen molar-refractivity contribution in [3.63, 3.8) is 0 Å². The van der Waals surface area contributed by atoms with E-state index in [1.54, 1.807) is 24.3 Å². The fourth-order valence-corrected chi connectivity index (χ4v) is 6.22. The second-order valence-electron chi connectivity index (χ2n) is 12.5. The quantitative estimate of drug-likeness (QED) is 0.252. The lowest BCUT2D eigenvalue weighted by Gasteiger charge is -2.33. The van der Waals surface area contributed by atoms with Crippen molar-refractivity contribution in [1.29, 1.82) is 0 Å². The summed E-state index contributed by atoms with van der Waals surface area (Å²) in [7, 11) is 0. The Morgan fingerprint density at radius 1 is 0.756 bits per heavy atom. The molecule has 3 heterocycles. The van der Waals surface area contributed by atoms with E-state index in [9.17, 15) is 15.0 Å². The van der Waals surface area contributed by atoms with E-state index in [2.05, 4.69) is 5.32 Å². The van der Waals surface area contributed by atoms with Crippen molar-refractivity contribution in [3.05, 3.63) is 65.0 Å². The van der Waals surface area contributed by atoms with E-state index in [0.717, 1.165) is 0 Å². The topological polar surface area (TPSA) is 125 Å². The summed E-state index contributed by atoms with van der Waals surface area (Å²) in [5.41, 5.74) is -0.414. The van der Waals surface area contributed by atoms with Gasteiger partial charge in [-0.05, 0) is 55.0 Å². The number of ether oxygens (including phenoxy) is 6. The molecule has 1 amide bonds. The smallest absolute Gasteiger partial charge is 0.244 e. The van der Waals surface area contributed by atoms with Gasteiger partial charge in [0.15, 0.2) is 23.0 Å². The minimum absolute atomic E-state index is 0.0370. The normalized spacial score (nSPS) is 17.0. The first-order valence-corrected chi connectivity index (χ1v) is 15.2. The van der Waals surface area contributed by atoms with Gasteiger partial charge in [-0.2, -0.15) is 0 Å². The summed E-state index contributed by atoms with van der Waals surface area (Å²) in [6.45, 7) is 7.79. The molecule has 6 rings (SSSR count). The molecule has 3 N–H and O–H groups in total. The summed E-state index contributed by atoms with van der Waals surface area (Å²) in [5, 5.41) is 24.3. The van der Waals surface area contributed by atoms with Gasteiger partial charge in [-0.3, -0.25) is 4.79 Å². The molecular formula is C34H38FNO9. The minimum atomic E-state index is -1.75. The molecule has 2 atom stereocenters. The number of carbonyl (C=O) groups excluding carboxylic acids is 1. The van der Waals surface area contributed by atoms with Crippen LogP contribution in [-0.2, 0) is 10.2 Å². The third kappa shape index (κ3) is 5.82. The summed E-state index contributed by atoms with van der Waals surface area (Å²) < 4.78 is 50.4. The lowest BCUT2D eigenvalue weighted by molar-refractivity contribution is -0.118. The van der Waals surface area contributed by atoms with Crippen LogP contribution < -0.4 is 33.7 Å². The summed E-state index contributed by atoms with van der Waals surface area (Å²) in [4.78, 5) is 14.5. The number of nitrogens with one attached hydrogen (secondary N) is 1. The Morgan fingerprint density at radius 2 is 1.22 bits per heavy atom. The molecule has 3 aliphatic heterocycles. The minimum Gasteiger partial charge on any atom is -0.490 e. The molecule has 0 fully saturated rings. The number of hydrogen-bond donors (Lipinski definition) is 3. The Bertz CT molecular complexity index is 1510. The van der Waals surface area contributed by atoms with Crippen molar-refractivity contribution < 1.29 is 47.8 Å². The van der Waals surface area contributed by atoms with E-state index in [0.29, 0.717) is 58.2 Å². The Balaban J connectivity index is 1.58. The molecule has 0 spiro atoms. The molecule has 0 saturated heterocycles. The predicted octanol–water partition coefficient (Wildman–Crippen LogP) is 5.14. The van der Waals surface area contributed by atoms with E-state index in [4.69, 9.17) is 28.4 Å². The molecule has 0 aliphatic carbocycles. The zero-order valence-corrected chi connectivity index (χ0v) is 25.7. The Hall–Kier alpha value is -4.22. The van der Waals surface area contributed by atoms with Crippen molar-refractivity contribution in [2.75, 3.05) is 32.1 Å². The summed E-state index contributed by atoms with van der Waals surface area (Å²) >= 11 is 0. The van der Waals surface area contributed by atoms with E-state index in [-0.39, 0.29) is 50.1 Å². The molecule has 240 valence electrons. The third-order valence-electron chi connectivity index (χ3n) is 8.08. The van der Waals surface area contributed by atoms with Crippen LogP contribution in [0.3, 0.4) is 0 Å². The highest BCUT2D eigenvalue weighted by Crippen LogP contribution is 2.57. The molecule has 10 nitrogen and oxygen atoms in total. The fraction of sp³-hybridized carbons (Fsp3) is 0.441. The highest BCUT2D eigenvalue weighted by molar-refractivity contribution is 6.12. The van der Waals surface area contributed by atoms with E-state index < -0.39 is 29.3 Å². The molecule has 0 aromatic heterocycles. The molecule has 3 aromatic carbocycles. The molecular weight excluding hydrogens is 585 g/mol. The van der Waals surface area contributed by atoms with Gasteiger partial charge in [0.25, 0.3) is 0 Å². The Kier molecular flexibility index (Phi) is 8.41. The van der Waals surface area contributed by atoms with Crippen LogP contribution in [-0.4, -0.2) is 55.1 Å². The maximum Gasteiger partial charge on any atom is 0.244 e. The summed E-state index contributed by atoms with van der Waals surface area (Å²) in [5.74, 6) is 1.40. The molecule has 0 radical (unpaired) electrons. The standard InChI is InChI=1S/C34H38FNO9/c1-18(2)7-21(37)14-40-27-12-31-29(42-16-44-31)10-24(27)34(23-9-20(35)5-6-26(23)36-33(34)39)25-11-30-32(45-17-43-30)13-28(25)41-15-22(38)8-19(3)4/h5-6,9-13,18-19,21-22,37-38H,7-8,14-17H2,1-4H3,(H,36,39)/t21-,22-/m1/s1. The Morgan fingerprint density at radius 3 is 1.69 bits per heavy atom. The van der Waals surface area contributed by atoms with Crippen molar-refractivity contribution in [1.82, 2.24) is 0 Å². The molecule has 3 aromatic rings. The lowest BCUT2D eigenvalue weighted by Crippen LogP contribution is -2.38. The second-order valence-corrected chi connectivity index (χ2v) is 12.5. The van der Waals surface area contributed by atoms with Crippen molar-refractivity contribution in [3.8, 4) is 34.5 Å². The zero-order chi connectivity index (χ0) is 31.9. The highest BCUT2D eigenvalue weighted by Gasteiger charge is 2.54. The average Bonchev–Trinajstić information content (AvgIpc) is 3.70. The van der Waals surface area contributed by atoms with Gasteiger partial charge in [0.2, 0.25) is 19.5 Å². The predicted molar refractivity (Wildman–Crippen MR) is 162 cm³/mol. The number of aliphatic hydroxyl groups excluding tert-OH is 2. The van der Waals surface area contributed by atoms with Crippen LogP contribution in [0.1, 0.15) is 57.2 Å². The fourth-order valence-electron chi connectivity index (χ4n) is 6.22. The number of aliphatic hydroxyl groups is 2. The van der Waals surface area contributed by atoms with Crippen LogP contribution in [0.4, 0.5) is 10.1 Å². The van der Waals surface area contributed by atoms with Crippen molar-refractivity contribution >= 4 is 11.6 Å². The number of halogens is 1. The molecule has 11 heteroatoms. The number of amides is 1. The van der Waals surface area contributed by atoms with Gasteiger partial charge in [-0.15, -0.1) is 0 Å². The first-order chi connectivity index (χ1) is 21.6. The number of anilines is 1. The summed E-state index contributed by atoms with van der Waals surface area (Å²) in [6, 6.07) is 10.6. The van der Waals surface area contributed by atoms with Crippen molar-refractivity contribution in [2.24, 2.45) is 11.8 Å². The van der Waals surface area contributed by atoms with Crippen molar-refractivity contribution in [2.45, 2.75) is 58.2 Å². The SMILES string of the molecule is CC(C)C[C@@H](O)COc1cc2c(cc1C1(c3cc4c(cc3OC[C@H](O)CC(C)C)OCO4)C(=O)Nc3ccc(F)cc31)OCO2. The highest BCUT2D eigenvalue weighted by atomic mass is 19.1. The van der Waals surface area contributed by atoms with Crippen LogP contribution in [0.15, 0.2) is 42.5 Å². The van der Waals surface area contributed by atoms with Gasteiger partial charge < -0.3 is 44.0 Å². The number of rotatable bonds is 12. The van der Waals surface area contributed by atoms with Gasteiger partial charge in [0, 0.05) is 34.5 Å². The average molecular weight is 624 g/mol.